The molecule has 3 aliphatic rings. The molecular weight excluding hydrogens is 1570 g/mol. The summed E-state index contributed by atoms with van der Waals surface area (Å²) in [4.78, 5) is 130. The van der Waals surface area contributed by atoms with Crippen molar-refractivity contribution in [3.8, 4) is 11.5 Å². The fourth-order valence-electron chi connectivity index (χ4n) is 13.0. The van der Waals surface area contributed by atoms with Crippen LogP contribution in [-0.2, 0) is 73.2 Å². The summed E-state index contributed by atoms with van der Waals surface area (Å²) in [6, 6.07) is 28.0. The van der Waals surface area contributed by atoms with Gasteiger partial charge in [0.2, 0.25) is 23.6 Å². The highest BCUT2D eigenvalue weighted by atomic mass is 35.5. The number of likely N-dealkylation sites (tertiary alicyclic amines) is 1. The third kappa shape index (κ3) is 25.6. The highest BCUT2D eigenvalue weighted by molar-refractivity contribution is 8.00. The molecule has 30 nitrogen and oxygen atoms in total. The van der Waals surface area contributed by atoms with E-state index in [9.17, 15) is 43.2 Å². The smallest absolute Gasteiger partial charge is 0.415 e. The van der Waals surface area contributed by atoms with E-state index in [1.54, 1.807) is 59.2 Å². The first kappa shape index (κ1) is 94.1. The quantitative estimate of drug-likeness (QED) is 0.0158. The molecule has 8 amide bonds. The SMILES string of the molecule is COCCN(CCN(CCOC)C(=O)Oc1cc2c(c3ccccc13)[C@H](CCl)CN2C(=O)c1ccc(C(=O)N2C[C@@H](CCl)c3c2cc(OP)c2ccccc32)s1)C(=O)OCc1ccc(NC(=O)[C@H](C)CC(=O)[C@@H](NC(=O)CCOCCOCCOCCOCCOCCOCCN2C(=O)CC(SC)C2=O)C(C)C)cc1.O.O.O. The van der Waals surface area contributed by atoms with Crippen LogP contribution < -0.4 is 29.7 Å². The van der Waals surface area contributed by atoms with Crippen molar-refractivity contribution in [2.75, 3.05) is 186 Å². The Morgan fingerprint density at radius 2 is 1.07 bits per heavy atom. The average molecular weight is 1670 g/mol. The molecule has 9 rings (SSSR count). The lowest BCUT2D eigenvalue weighted by atomic mass is 9.92. The summed E-state index contributed by atoms with van der Waals surface area (Å²) in [7, 11) is 5.29. The van der Waals surface area contributed by atoms with Crippen LogP contribution in [0.2, 0.25) is 0 Å². The number of nitrogens with one attached hydrogen (secondary N) is 2. The number of imide groups is 1. The maximum Gasteiger partial charge on any atom is 0.415 e. The number of ether oxygens (including phenoxy) is 10. The Morgan fingerprint density at radius 1 is 0.602 bits per heavy atom. The molecule has 0 bridgehead atoms. The van der Waals surface area contributed by atoms with Gasteiger partial charge in [-0.1, -0.05) is 81.4 Å². The molecule has 1 fully saturated rings. The molecule has 1 aromatic heterocycles. The summed E-state index contributed by atoms with van der Waals surface area (Å²) >= 11 is 15.7. The number of methoxy groups -OCH3 is 2. The number of nitrogens with zero attached hydrogens (tertiary/aromatic N) is 5. The van der Waals surface area contributed by atoms with Crippen LogP contribution in [0.4, 0.5) is 26.7 Å². The molecule has 620 valence electrons. The molecule has 35 heteroatoms. The monoisotopic (exact) mass is 1670 g/mol. The van der Waals surface area contributed by atoms with Crippen molar-refractivity contribution < 1.29 is 111 Å². The molecule has 6 aromatic rings. The van der Waals surface area contributed by atoms with E-state index in [1.165, 1.54) is 40.7 Å². The number of fused-ring (bicyclic) bond motifs is 6. The zero-order chi connectivity index (χ0) is 78.6. The summed E-state index contributed by atoms with van der Waals surface area (Å²) < 4.78 is 61.7. The van der Waals surface area contributed by atoms with Gasteiger partial charge in [0.25, 0.3) is 11.8 Å². The molecule has 113 heavy (non-hydrogen) atoms. The molecule has 1 saturated heterocycles. The first-order chi connectivity index (χ1) is 53.3. The van der Waals surface area contributed by atoms with E-state index in [4.69, 9.17) is 75.1 Å². The van der Waals surface area contributed by atoms with Crippen molar-refractivity contribution in [3.63, 3.8) is 0 Å². The van der Waals surface area contributed by atoms with Crippen LogP contribution in [0.5, 0.6) is 11.5 Å². The van der Waals surface area contributed by atoms with Gasteiger partial charge in [0.05, 0.1) is 141 Å². The molecule has 4 heterocycles. The van der Waals surface area contributed by atoms with E-state index in [0.717, 1.165) is 38.6 Å². The van der Waals surface area contributed by atoms with E-state index in [1.807, 2.05) is 74.7 Å². The van der Waals surface area contributed by atoms with Crippen molar-refractivity contribution in [1.82, 2.24) is 20.0 Å². The van der Waals surface area contributed by atoms with Gasteiger partial charge in [-0.3, -0.25) is 38.5 Å². The Hall–Kier alpha value is -7.73. The molecule has 0 aliphatic carbocycles. The third-order valence-electron chi connectivity index (χ3n) is 18.9. The van der Waals surface area contributed by atoms with E-state index in [0.29, 0.717) is 115 Å². The summed E-state index contributed by atoms with van der Waals surface area (Å²) in [6.45, 7) is 10.3. The number of alkyl halides is 2. The predicted molar refractivity (Wildman–Crippen MR) is 436 cm³/mol. The van der Waals surface area contributed by atoms with E-state index in [-0.39, 0.29) is 185 Å². The van der Waals surface area contributed by atoms with Crippen LogP contribution in [0.25, 0.3) is 21.5 Å². The van der Waals surface area contributed by atoms with Gasteiger partial charge in [-0.2, -0.15) is 11.8 Å². The van der Waals surface area contributed by atoms with Crippen LogP contribution in [0.3, 0.4) is 0 Å². The molecule has 3 aliphatic heterocycles. The Morgan fingerprint density at radius 3 is 1.54 bits per heavy atom. The number of thiophene rings is 1. The van der Waals surface area contributed by atoms with Crippen molar-refractivity contribution >= 4 is 148 Å². The number of carbonyl (C=O) groups excluding carboxylic acids is 9. The number of halogens is 2. The molecule has 0 saturated carbocycles. The van der Waals surface area contributed by atoms with E-state index < -0.39 is 30.1 Å². The van der Waals surface area contributed by atoms with Crippen LogP contribution in [0.15, 0.2) is 97.1 Å². The Labute approximate surface area is 677 Å². The lowest BCUT2D eigenvalue weighted by Crippen LogP contribution is -2.45. The number of hydrogen-bond donors (Lipinski definition) is 2. The van der Waals surface area contributed by atoms with Crippen LogP contribution >= 0.6 is 55.8 Å². The summed E-state index contributed by atoms with van der Waals surface area (Å²) in [6.07, 6.45) is 0.524. The standard InChI is InChI=1S/C78H98Cl2N7O20PS2.3H2O/c1-50(2)72(82-68(89)21-27-99-31-33-101-35-37-103-39-40-104-38-36-102-34-32-100-30-26-85-69(90)44-67(109-6)76(85)94)62(88)41-51(3)73(91)81-55-17-15-52(16-18-55)49-105-77(95)83(24-28-97-4)22-23-84(25-29-98-5)78(96)106-63-42-60-70(58-13-9-7-11-56(58)63)53(45-79)47-86(60)74(92)65-19-20-66(110-65)75(93)87-48-54(46-80)71-59-14-10-8-12-57(59)64(107-108)43-61(71)87;;;/h7-20,42-43,50-51,53-54,67,72H,21-41,44-49,108H2,1-6H3,(H,81,91)(H,82,89);3*1H2/t51-,53-,54-,67?,72+;;;/m1.../s1. The van der Waals surface area contributed by atoms with Crippen molar-refractivity contribution in [3.05, 3.63) is 124 Å². The Kier molecular flexibility index (Phi) is 39.9. The number of anilines is 3. The zero-order valence-corrected chi connectivity index (χ0v) is 68.6. The number of benzene rings is 5. The summed E-state index contributed by atoms with van der Waals surface area (Å²) in [5, 5.41) is 8.56. The number of ketones is 1. The molecular formula is C78H104Cl2N7O23PS2. The number of thioether (sulfide) groups is 1. The topological polar surface area (TPSA) is 390 Å². The van der Waals surface area contributed by atoms with Gasteiger partial charge in [-0.15, -0.1) is 34.5 Å². The molecule has 6 atom stereocenters. The van der Waals surface area contributed by atoms with Gasteiger partial charge >= 0.3 is 12.2 Å². The number of Topliss-reactive ketones (excluding diaryl/α,β-unsaturated/α-hetero) is 1. The minimum Gasteiger partial charge on any atom is -0.480 e. The molecule has 8 N–H and O–H groups in total. The van der Waals surface area contributed by atoms with Crippen molar-refractivity contribution in [2.24, 2.45) is 11.8 Å². The second-order valence-corrected chi connectivity index (χ2v) is 29.7. The van der Waals surface area contributed by atoms with Crippen molar-refractivity contribution in [2.45, 2.75) is 69.8 Å². The largest absolute Gasteiger partial charge is 0.480 e. The fraction of sp³-hybridized carbons (Fsp3) is 0.500. The van der Waals surface area contributed by atoms with Crippen molar-refractivity contribution in [1.29, 1.82) is 0 Å². The lowest BCUT2D eigenvalue weighted by molar-refractivity contribution is -0.139. The lowest BCUT2D eigenvalue weighted by Gasteiger charge is -2.27. The van der Waals surface area contributed by atoms with Gasteiger partial charge in [0.15, 0.2) is 5.78 Å². The maximum absolute atomic E-state index is 14.8. The fourth-order valence-corrected chi connectivity index (χ4v) is 15.3. The average Bonchev–Trinajstić information content (AvgIpc) is 1.61. The Bertz CT molecular complexity index is 4130. The molecule has 5 aromatic carbocycles. The molecule has 0 radical (unpaired) electrons. The van der Waals surface area contributed by atoms with Gasteiger partial charge < -0.3 is 98.6 Å². The van der Waals surface area contributed by atoms with Gasteiger partial charge in [-0.05, 0) is 63.9 Å². The predicted octanol–water partition coefficient (Wildman–Crippen LogP) is 8.10. The van der Waals surface area contributed by atoms with Crippen LogP contribution in [0, 0.1) is 11.8 Å². The Balaban J connectivity index is 0.00000663. The second-order valence-electron chi connectivity index (χ2n) is 26.7. The summed E-state index contributed by atoms with van der Waals surface area (Å²) in [5.74, 6) is -2.18. The number of hydrogen-bond acceptors (Lipinski definition) is 22. The number of rotatable bonds is 46. The summed E-state index contributed by atoms with van der Waals surface area (Å²) in [5.41, 5.74) is 4.03. The van der Waals surface area contributed by atoms with Crippen LogP contribution in [-0.4, -0.2) is 266 Å². The first-order valence-electron chi connectivity index (χ1n) is 36.6. The van der Waals surface area contributed by atoms with Crippen LogP contribution in [0.1, 0.15) is 87.9 Å². The van der Waals surface area contributed by atoms with Gasteiger partial charge in [0, 0.05) is 131 Å². The highest BCUT2D eigenvalue weighted by Gasteiger charge is 2.40. The number of carbonyl (C=O) groups is 9. The normalized spacial score (nSPS) is 15.4. The zero-order valence-electron chi connectivity index (χ0n) is 64.3. The number of amides is 8. The first-order valence-corrected chi connectivity index (χ1v) is 40.2. The third-order valence-corrected chi connectivity index (χ3v) is 21.9. The maximum atomic E-state index is 14.8. The van der Waals surface area contributed by atoms with E-state index in [2.05, 4.69) is 20.1 Å². The second kappa shape index (κ2) is 48.0. The minimum absolute atomic E-state index is 0. The van der Waals surface area contributed by atoms with Gasteiger partial charge in [-0.25, -0.2) is 9.59 Å². The highest BCUT2D eigenvalue weighted by Crippen LogP contribution is 2.49. The van der Waals surface area contributed by atoms with Gasteiger partial charge in [0.1, 0.15) is 18.1 Å². The minimum atomic E-state index is -0.825. The molecule has 0 spiro atoms. The van der Waals surface area contributed by atoms with E-state index >= 15 is 0 Å². The molecule has 2 unspecified atom stereocenters.